The Labute approximate surface area is 135 Å². The van der Waals surface area contributed by atoms with Crippen molar-refractivity contribution in [1.82, 2.24) is 10.3 Å². The van der Waals surface area contributed by atoms with Gasteiger partial charge in [0.15, 0.2) is 0 Å². The lowest BCUT2D eigenvalue weighted by Crippen LogP contribution is -2.15. The molecular weight excluding hydrogens is 270 g/mol. The van der Waals surface area contributed by atoms with Crippen molar-refractivity contribution in [2.24, 2.45) is 4.99 Å². The summed E-state index contributed by atoms with van der Waals surface area (Å²) in [5.74, 6) is 0. The molecular formula is C19H29N3. The predicted octanol–water partition coefficient (Wildman–Crippen LogP) is 4.59. The maximum atomic E-state index is 4.56. The van der Waals surface area contributed by atoms with Gasteiger partial charge in [-0.25, -0.2) is 0 Å². The highest BCUT2D eigenvalue weighted by molar-refractivity contribution is 5.79. The Hall–Kier alpha value is -1.90. The van der Waals surface area contributed by atoms with E-state index in [0.29, 0.717) is 0 Å². The predicted molar refractivity (Wildman–Crippen MR) is 96.2 cm³/mol. The van der Waals surface area contributed by atoms with E-state index in [0.717, 1.165) is 30.8 Å². The van der Waals surface area contributed by atoms with Gasteiger partial charge in [0.25, 0.3) is 0 Å². The molecule has 0 amide bonds. The van der Waals surface area contributed by atoms with Gasteiger partial charge in [0.2, 0.25) is 0 Å². The third-order valence-electron chi connectivity index (χ3n) is 3.58. The SMILES string of the molecule is C=CN=C/C(CCc1cccc(C)n1)=C(\C)NCCCCC. The highest BCUT2D eigenvalue weighted by Crippen LogP contribution is 2.10. The second kappa shape index (κ2) is 10.8. The average Bonchev–Trinajstić information content (AvgIpc) is 2.51. The average molecular weight is 299 g/mol. The minimum atomic E-state index is 0.925. The molecule has 0 radical (unpaired) electrons. The van der Waals surface area contributed by atoms with E-state index in [9.17, 15) is 0 Å². The summed E-state index contributed by atoms with van der Waals surface area (Å²) in [6.07, 6.45) is 9.06. The molecule has 0 aliphatic heterocycles. The van der Waals surface area contributed by atoms with E-state index in [1.54, 1.807) is 6.20 Å². The summed E-state index contributed by atoms with van der Waals surface area (Å²) >= 11 is 0. The monoisotopic (exact) mass is 299 g/mol. The molecule has 1 heterocycles. The largest absolute Gasteiger partial charge is 0.388 e. The van der Waals surface area contributed by atoms with Crippen LogP contribution in [0.5, 0.6) is 0 Å². The van der Waals surface area contributed by atoms with Gasteiger partial charge >= 0.3 is 0 Å². The van der Waals surface area contributed by atoms with E-state index >= 15 is 0 Å². The quantitative estimate of drug-likeness (QED) is 0.507. The molecule has 0 aromatic carbocycles. The number of pyridine rings is 1. The fourth-order valence-corrected chi connectivity index (χ4v) is 2.26. The molecule has 0 unspecified atom stereocenters. The first kappa shape index (κ1) is 18.1. The topological polar surface area (TPSA) is 37.3 Å². The lowest BCUT2D eigenvalue weighted by atomic mass is 10.1. The highest BCUT2D eigenvalue weighted by atomic mass is 14.9. The normalized spacial score (nSPS) is 12.3. The molecule has 0 atom stereocenters. The van der Waals surface area contributed by atoms with E-state index in [1.165, 1.54) is 30.5 Å². The molecule has 0 saturated carbocycles. The Kier molecular flexibility index (Phi) is 8.89. The molecule has 0 aliphatic rings. The van der Waals surface area contributed by atoms with Crippen LogP contribution < -0.4 is 5.32 Å². The molecule has 3 nitrogen and oxygen atoms in total. The third kappa shape index (κ3) is 7.21. The summed E-state index contributed by atoms with van der Waals surface area (Å²) in [4.78, 5) is 8.75. The maximum absolute atomic E-state index is 4.56. The lowest BCUT2D eigenvalue weighted by molar-refractivity contribution is 0.663. The van der Waals surface area contributed by atoms with Gasteiger partial charge in [0, 0.05) is 36.0 Å². The summed E-state index contributed by atoms with van der Waals surface area (Å²) in [5, 5.41) is 3.51. The van der Waals surface area contributed by atoms with Crippen LogP contribution in [0.2, 0.25) is 0 Å². The molecule has 1 aromatic rings. The lowest BCUT2D eigenvalue weighted by Gasteiger charge is -2.11. The number of aryl methyl sites for hydroxylation is 2. The van der Waals surface area contributed by atoms with Crippen LogP contribution in [0.4, 0.5) is 0 Å². The number of nitrogens with zero attached hydrogens (tertiary/aromatic N) is 2. The Morgan fingerprint density at radius 3 is 2.86 bits per heavy atom. The summed E-state index contributed by atoms with van der Waals surface area (Å²) in [7, 11) is 0. The number of aliphatic imine (C=N–C) groups is 1. The Morgan fingerprint density at radius 1 is 1.36 bits per heavy atom. The zero-order valence-electron chi connectivity index (χ0n) is 14.2. The molecule has 1 rings (SSSR count). The summed E-state index contributed by atoms with van der Waals surface area (Å²) in [6.45, 7) is 11.1. The number of unbranched alkanes of at least 4 members (excludes halogenated alkanes) is 2. The molecule has 22 heavy (non-hydrogen) atoms. The number of rotatable bonds is 10. The Balaban J connectivity index is 2.66. The van der Waals surface area contributed by atoms with Crippen LogP contribution in [-0.4, -0.2) is 17.7 Å². The van der Waals surface area contributed by atoms with Crippen molar-refractivity contribution in [3.8, 4) is 0 Å². The van der Waals surface area contributed by atoms with Crippen molar-refractivity contribution in [3.05, 3.63) is 53.6 Å². The Morgan fingerprint density at radius 2 is 2.18 bits per heavy atom. The minimum absolute atomic E-state index is 0.925. The van der Waals surface area contributed by atoms with Gasteiger partial charge in [-0.05, 0) is 50.8 Å². The first-order valence-electron chi connectivity index (χ1n) is 8.17. The van der Waals surface area contributed by atoms with Crippen LogP contribution >= 0.6 is 0 Å². The van der Waals surface area contributed by atoms with Crippen LogP contribution in [0, 0.1) is 6.92 Å². The van der Waals surface area contributed by atoms with Crippen LogP contribution in [0.3, 0.4) is 0 Å². The van der Waals surface area contributed by atoms with Crippen LogP contribution in [-0.2, 0) is 6.42 Å². The molecule has 120 valence electrons. The van der Waals surface area contributed by atoms with Crippen molar-refractivity contribution in [3.63, 3.8) is 0 Å². The summed E-state index contributed by atoms with van der Waals surface area (Å²) in [5.41, 5.74) is 4.62. The van der Waals surface area contributed by atoms with Gasteiger partial charge in [-0.1, -0.05) is 32.4 Å². The second-order valence-corrected chi connectivity index (χ2v) is 5.52. The number of nitrogens with one attached hydrogen (secondary N) is 1. The highest BCUT2D eigenvalue weighted by Gasteiger charge is 2.03. The van der Waals surface area contributed by atoms with Crippen LogP contribution in [0.1, 0.15) is 50.9 Å². The van der Waals surface area contributed by atoms with Crippen LogP contribution in [0.15, 0.2) is 47.2 Å². The smallest absolute Gasteiger partial charge is 0.0410 e. The number of allylic oxidation sites excluding steroid dienone is 2. The molecule has 1 aromatic heterocycles. The first-order valence-corrected chi connectivity index (χ1v) is 8.17. The van der Waals surface area contributed by atoms with Gasteiger partial charge in [-0.3, -0.25) is 9.98 Å². The van der Waals surface area contributed by atoms with E-state index in [2.05, 4.69) is 47.9 Å². The van der Waals surface area contributed by atoms with Gasteiger partial charge in [0.1, 0.15) is 0 Å². The van der Waals surface area contributed by atoms with E-state index in [4.69, 9.17) is 0 Å². The number of hydrogen-bond acceptors (Lipinski definition) is 3. The fourth-order valence-electron chi connectivity index (χ4n) is 2.26. The van der Waals surface area contributed by atoms with Crippen molar-refractivity contribution in [2.75, 3.05) is 6.54 Å². The molecule has 1 N–H and O–H groups in total. The summed E-state index contributed by atoms with van der Waals surface area (Å²) in [6, 6.07) is 6.17. The van der Waals surface area contributed by atoms with Crippen LogP contribution in [0.25, 0.3) is 0 Å². The Bertz CT molecular complexity index is 515. The molecule has 0 bridgehead atoms. The van der Waals surface area contributed by atoms with Crippen molar-refractivity contribution < 1.29 is 0 Å². The van der Waals surface area contributed by atoms with Crippen molar-refractivity contribution in [1.29, 1.82) is 0 Å². The minimum Gasteiger partial charge on any atom is -0.388 e. The second-order valence-electron chi connectivity index (χ2n) is 5.52. The molecule has 0 aliphatic carbocycles. The number of hydrogen-bond donors (Lipinski definition) is 1. The molecule has 3 heteroatoms. The molecule has 0 spiro atoms. The summed E-state index contributed by atoms with van der Waals surface area (Å²) < 4.78 is 0. The van der Waals surface area contributed by atoms with Crippen molar-refractivity contribution >= 4 is 6.21 Å². The maximum Gasteiger partial charge on any atom is 0.0410 e. The third-order valence-corrected chi connectivity index (χ3v) is 3.58. The standard InChI is InChI=1S/C19H29N3/c1-5-7-8-14-21-17(4)18(15-20-6-2)12-13-19-11-9-10-16(3)22-19/h6,9-11,15,21H,2,5,7-8,12-14H2,1,3-4H3/b18-17+,20-15?. The zero-order valence-corrected chi connectivity index (χ0v) is 14.2. The van der Waals surface area contributed by atoms with Gasteiger partial charge in [-0.2, -0.15) is 0 Å². The zero-order chi connectivity index (χ0) is 16.2. The number of aromatic nitrogens is 1. The van der Waals surface area contributed by atoms with E-state index in [-0.39, 0.29) is 0 Å². The fraction of sp³-hybridized carbons (Fsp3) is 0.474. The van der Waals surface area contributed by atoms with E-state index in [1.807, 2.05) is 19.2 Å². The van der Waals surface area contributed by atoms with Gasteiger partial charge in [-0.15, -0.1) is 0 Å². The van der Waals surface area contributed by atoms with Gasteiger partial charge < -0.3 is 5.32 Å². The molecule has 0 saturated heterocycles. The van der Waals surface area contributed by atoms with Gasteiger partial charge in [0.05, 0.1) is 0 Å². The molecule has 0 fully saturated rings. The van der Waals surface area contributed by atoms with E-state index < -0.39 is 0 Å². The van der Waals surface area contributed by atoms with Crippen molar-refractivity contribution in [2.45, 2.75) is 52.9 Å². The first-order chi connectivity index (χ1) is 10.7.